The minimum absolute atomic E-state index is 0.0315. The van der Waals surface area contributed by atoms with Crippen LogP contribution in [0.25, 0.3) is 0 Å². The van der Waals surface area contributed by atoms with Crippen molar-refractivity contribution in [2.24, 2.45) is 5.41 Å². The molecule has 1 aromatic heterocycles. The van der Waals surface area contributed by atoms with Gasteiger partial charge in [0.05, 0.1) is 0 Å². The van der Waals surface area contributed by atoms with E-state index in [1.807, 2.05) is 13.8 Å². The second-order valence-electron chi connectivity index (χ2n) is 6.88. The smallest absolute Gasteiger partial charge is 0.135 e. The molecular formula is C14H26N4. The molecule has 0 spiro atoms. The van der Waals surface area contributed by atoms with Gasteiger partial charge in [0.25, 0.3) is 0 Å². The van der Waals surface area contributed by atoms with E-state index < -0.39 is 0 Å². The van der Waals surface area contributed by atoms with Crippen molar-refractivity contribution in [1.82, 2.24) is 9.97 Å². The van der Waals surface area contributed by atoms with Crippen molar-refractivity contribution >= 4 is 11.6 Å². The fraction of sp³-hybridized carbons (Fsp3) is 0.714. The van der Waals surface area contributed by atoms with Gasteiger partial charge < -0.3 is 11.1 Å². The van der Waals surface area contributed by atoms with Crippen LogP contribution < -0.4 is 11.1 Å². The second-order valence-corrected chi connectivity index (χ2v) is 6.88. The molecule has 0 radical (unpaired) electrons. The molecule has 102 valence electrons. The Morgan fingerprint density at radius 1 is 1.06 bits per heavy atom. The lowest BCUT2D eigenvalue weighted by Crippen LogP contribution is -2.36. The van der Waals surface area contributed by atoms with E-state index in [0.29, 0.717) is 11.6 Å². The Bertz CT molecular complexity index is 430. The van der Waals surface area contributed by atoms with Gasteiger partial charge in [-0.15, -0.1) is 0 Å². The molecule has 0 unspecified atom stereocenters. The molecule has 4 nitrogen and oxygen atoms in total. The number of hydrogen-bond donors (Lipinski definition) is 2. The normalized spacial score (nSPS) is 12.6. The van der Waals surface area contributed by atoms with Crippen LogP contribution in [-0.4, -0.2) is 15.5 Å². The van der Waals surface area contributed by atoms with Crippen LogP contribution >= 0.6 is 0 Å². The summed E-state index contributed by atoms with van der Waals surface area (Å²) < 4.78 is 0. The summed E-state index contributed by atoms with van der Waals surface area (Å²) in [6, 6.07) is 0. The van der Waals surface area contributed by atoms with E-state index in [4.69, 9.17) is 5.73 Å². The first-order valence-corrected chi connectivity index (χ1v) is 6.39. The maximum atomic E-state index is 5.88. The maximum Gasteiger partial charge on any atom is 0.135 e. The molecular weight excluding hydrogens is 224 g/mol. The van der Waals surface area contributed by atoms with Gasteiger partial charge in [0.15, 0.2) is 0 Å². The molecule has 0 amide bonds. The summed E-state index contributed by atoms with van der Waals surface area (Å²) in [6.07, 6.45) is 1.04. The average Bonchev–Trinajstić information content (AvgIpc) is 2.08. The van der Waals surface area contributed by atoms with Crippen LogP contribution in [0.4, 0.5) is 11.6 Å². The number of hydrogen-bond acceptors (Lipinski definition) is 4. The van der Waals surface area contributed by atoms with Crippen LogP contribution in [0.2, 0.25) is 0 Å². The fourth-order valence-electron chi connectivity index (χ4n) is 2.46. The standard InChI is InChI=1S/C14H26N4/c1-9-11(15)16-10(2)17-12(9)18-14(6,7)8-13(3,4)5/h8H2,1-7H3,(H3,15,16,17,18). The number of nitrogen functional groups attached to an aromatic ring is 1. The highest BCUT2D eigenvalue weighted by atomic mass is 15.1. The van der Waals surface area contributed by atoms with E-state index in [1.54, 1.807) is 0 Å². The number of anilines is 2. The SMILES string of the molecule is Cc1nc(N)c(C)c(NC(C)(C)CC(C)(C)C)n1. The number of rotatable bonds is 3. The topological polar surface area (TPSA) is 63.8 Å². The molecule has 0 saturated carbocycles. The fourth-order valence-corrected chi connectivity index (χ4v) is 2.46. The lowest BCUT2D eigenvalue weighted by molar-refractivity contribution is 0.302. The Hall–Kier alpha value is -1.32. The summed E-state index contributed by atoms with van der Waals surface area (Å²) in [5, 5.41) is 3.49. The van der Waals surface area contributed by atoms with Gasteiger partial charge in [0.2, 0.25) is 0 Å². The number of nitrogens with one attached hydrogen (secondary N) is 1. The van der Waals surface area contributed by atoms with Gasteiger partial charge in [-0.25, -0.2) is 9.97 Å². The van der Waals surface area contributed by atoms with Crippen LogP contribution in [0, 0.1) is 19.3 Å². The second kappa shape index (κ2) is 4.75. The summed E-state index contributed by atoms with van der Waals surface area (Å²) >= 11 is 0. The quantitative estimate of drug-likeness (QED) is 0.864. The van der Waals surface area contributed by atoms with Crippen molar-refractivity contribution in [3.63, 3.8) is 0 Å². The molecule has 18 heavy (non-hydrogen) atoms. The van der Waals surface area contributed by atoms with Crippen molar-refractivity contribution < 1.29 is 0 Å². The molecule has 1 aromatic rings. The van der Waals surface area contributed by atoms with Crippen LogP contribution in [0.5, 0.6) is 0 Å². The summed E-state index contributed by atoms with van der Waals surface area (Å²) in [5.74, 6) is 2.10. The highest BCUT2D eigenvalue weighted by Gasteiger charge is 2.26. The van der Waals surface area contributed by atoms with Crippen molar-refractivity contribution in [1.29, 1.82) is 0 Å². The van der Waals surface area contributed by atoms with E-state index in [9.17, 15) is 0 Å². The van der Waals surface area contributed by atoms with Gasteiger partial charge in [-0.1, -0.05) is 20.8 Å². The lowest BCUT2D eigenvalue weighted by atomic mass is 9.82. The predicted octanol–water partition coefficient (Wildman–Crippen LogP) is 3.30. The molecule has 0 bridgehead atoms. The van der Waals surface area contributed by atoms with Crippen LogP contribution in [-0.2, 0) is 0 Å². The minimum Gasteiger partial charge on any atom is -0.383 e. The van der Waals surface area contributed by atoms with E-state index in [0.717, 1.165) is 17.8 Å². The van der Waals surface area contributed by atoms with Gasteiger partial charge in [-0.2, -0.15) is 0 Å². The van der Waals surface area contributed by atoms with Crippen LogP contribution in [0.15, 0.2) is 0 Å². The molecule has 0 atom stereocenters. The zero-order valence-electron chi connectivity index (χ0n) is 12.7. The molecule has 1 rings (SSSR count). The number of aromatic nitrogens is 2. The van der Waals surface area contributed by atoms with Crippen molar-refractivity contribution in [2.45, 2.75) is 60.4 Å². The van der Waals surface area contributed by atoms with E-state index in [1.165, 1.54) is 0 Å². The molecule has 1 heterocycles. The zero-order valence-corrected chi connectivity index (χ0v) is 12.7. The summed E-state index contributed by atoms with van der Waals surface area (Å²) in [6.45, 7) is 14.9. The molecule has 0 aliphatic rings. The highest BCUT2D eigenvalue weighted by Crippen LogP contribution is 2.30. The van der Waals surface area contributed by atoms with E-state index >= 15 is 0 Å². The monoisotopic (exact) mass is 250 g/mol. The first-order chi connectivity index (χ1) is 8.00. The molecule has 3 N–H and O–H groups in total. The molecule has 0 aromatic carbocycles. The third-order valence-corrected chi connectivity index (χ3v) is 2.72. The third kappa shape index (κ3) is 4.17. The molecule has 0 aliphatic carbocycles. The number of aryl methyl sites for hydroxylation is 1. The first-order valence-electron chi connectivity index (χ1n) is 6.39. The van der Waals surface area contributed by atoms with Crippen LogP contribution in [0.3, 0.4) is 0 Å². The number of nitrogens with zero attached hydrogens (tertiary/aromatic N) is 2. The summed E-state index contributed by atoms with van der Waals surface area (Å²) in [4.78, 5) is 8.61. The maximum absolute atomic E-state index is 5.88. The molecule has 0 fully saturated rings. The van der Waals surface area contributed by atoms with Gasteiger partial charge in [0.1, 0.15) is 17.5 Å². The van der Waals surface area contributed by atoms with Crippen molar-refractivity contribution in [2.75, 3.05) is 11.1 Å². The summed E-state index contributed by atoms with van der Waals surface area (Å²) in [7, 11) is 0. The predicted molar refractivity (Wildman–Crippen MR) is 77.7 cm³/mol. The first kappa shape index (κ1) is 14.7. The molecule has 0 saturated heterocycles. The highest BCUT2D eigenvalue weighted by molar-refractivity contribution is 5.55. The van der Waals surface area contributed by atoms with Crippen molar-refractivity contribution in [3.8, 4) is 0 Å². The largest absolute Gasteiger partial charge is 0.383 e. The van der Waals surface area contributed by atoms with Gasteiger partial charge in [0, 0.05) is 11.1 Å². The van der Waals surface area contributed by atoms with Crippen LogP contribution in [0.1, 0.15) is 52.4 Å². The van der Waals surface area contributed by atoms with Gasteiger partial charge in [-0.05, 0) is 39.5 Å². The third-order valence-electron chi connectivity index (χ3n) is 2.72. The molecule has 0 aliphatic heterocycles. The van der Waals surface area contributed by atoms with E-state index in [2.05, 4.69) is 49.9 Å². The average molecular weight is 250 g/mol. The van der Waals surface area contributed by atoms with Gasteiger partial charge >= 0.3 is 0 Å². The zero-order chi connectivity index (χ0) is 14.1. The molecule has 4 heteroatoms. The van der Waals surface area contributed by atoms with Crippen molar-refractivity contribution in [3.05, 3.63) is 11.4 Å². The van der Waals surface area contributed by atoms with E-state index in [-0.39, 0.29) is 11.0 Å². The Morgan fingerprint density at radius 2 is 1.61 bits per heavy atom. The summed E-state index contributed by atoms with van der Waals surface area (Å²) in [5.41, 5.74) is 7.03. The Kier molecular flexibility index (Phi) is 3.89. The Balaban J connectivity index is 2.97. The number of nitrogens with two attached hydrogens (primary N) is 1. The Labute approximate surface area is 110 Å². The Morgan fingerprint density at radius 3 is 2.11 bits per heavy atom. The minimum atomic E-state index is -0.0315. The van der Waals surface area contributed by atoms with Gasteiger partial charge in [-0.3, -0.25) is 0 Å². The lowest BCUT2D eigenvalue weighted by Gasteiger charge is -2.34.